The summed E-state index contributed by atoms with van der Waals surface area (Å²) in [6.45, 7) is 0. The van der Waals surface area contributed by atoms with Gasteiger partial charge in [-0.3, -0.25) is 0 Å². The molecule has 0 amide bonds. The van der Waals surface area contributed by atoms with Gasteiger partial charge in [-0.05, 0) is 28.5 Å². The number of aromatic nitrogens is 3. The lowest BCUT2D eigenvalue weighted by Crippen LogP contribution is -2.15. The minimum Gasteiger partial charge on any atom is -0.368 e. The van der Waals surface area contributed by atoms with E-state index in [2.05, 4.69) is 21.0 Å². The minimum absolute atomic E-state index is 0.0974. The van der Waals surface area contributed by atoms with Gasteiger partial charge in [0.25, 0.3) is 0 Å². The standard InChI is InChI=1S/C12H12N6S/c1-18(2)12-16-10(15-11(14)17-12)9(6-13)5-8-3-4-19-7-8/h3-5,7H,1-2H3,(H2,14,15,16,17)/b9-5+. The molecule has 0 radical (unpaired) electrons. The van der Waals surface area contributed by atoms with E-state index in [1.807, 2.05) is 16.8 Å². The zero-order chi connectivity index (χ0) is 13.8. The zero-order valence-corrected chi connectivity index (χ0v) is 11.3. The normalized spacial score (nSPS) is 11.1. The van der Waals surface area contributed by atoms with Gasteiger partial charge in [0, 0.05) is 14.1 Å². The van der Waals surface area contributed by atoms with E-state index in [9.17, 15) is 5.26 Å². The Morgan fingerprint density at radius 3 is 2.79 bits per heavy atom. The SMILES string of the molecule is CN(C)c1nc(N)nc(/C(C#N)=C/c2ccsc2)n1. The van der Waals surface area contributed by atoms with E-state index in [1.165, 1.54) is 0 Å². The highest BCUT2D eigenvalue weighted by atomic mass is 32.1. The fourth-order valence-corrected chi connectivity index (χ4v) is 1.99. The van der Waals surface area contributed by atoms with E-state index in [0.717, 1.165) is 5.56 Å². The van der Waals surface area contributed by atoms with Crippen LogP contribution in [-0.4, -0.2) is 29.0 Å². The summed E-state index contributed by atoms with van der Waals surface area (Å²) in [6, 6.07) is 4.00. The molecular weight excluding hydrogens is 260 g/mol. The van der Waals surface area contributed by atoms with Gasteiger partial charge in [0.2, 0.25) is 11.9 Å². The van der Waals surface area contributed by atoms with Gasteiger partial charge in [0.15, 0.2) is 5.82 Å². The molecule has 0 fully saturated rings. The number of rotatable bonds is 3. The quantitative estimate of drug-likeness (QED) is 0.854. The Balaban J connectivity index is 2.47. The molecule has 2 N–H and O–H groups in total. The predicted octanol–water partition coefficient (Wildman–Crippen LogP) is 1.65. The van der Waals surface area contributed by atoms with Crippen LogP contribution in [0.15, 0.2) is 16.8 Å². The molecule has 0 atom stereocenters. The van der Waals surface area contributed by atoms with Crippen molar-refractivity contribution in [1.29, 1.82) is 5.26 Å². The van der Waals surface area contributed by atoms with Crippen molar-refractivity contribution in [3.05, 3.63) is 28.2 Å². The summed E-state index contributed by atoms with van der Waals surface area (Å²) < 4.78 is 0. The van der Waals surface area contributed by atoms with Gasteiger partial charge in [-0.1, -0.05) is 0 Å². The molecule has 0 spiro atoms. The maximum atomic E-state index is 9.23. The van der Waals surface area contributed by atoms with Crippen LogP contribution in [0.2, 0.25) is 0 Å². The smallest absolute Gasteiger partial charge is 0.230 e. The van der Waals surface area contributed by atoms with Gasteiger partial charge < -0.3 is 10.6 Å². The lowest BCUT2D eigenvalue weighted by atomic mass is 10.2. The van der Waals surface area contributed by atoms with Crippen LogP contribution in [0.1, 0.15) is 11.4 Å². The maximum absolute atomic E-state index is 9.23. The van der Waals surface area contributed by atoms with E-state index in [1.54, 1.807) is 36.4 Å². The number of nitrogen functional groups attached to an aromatic ring is 1. The summed E-state index contributed by atoms with van der Waals surface area (Å²) >= 11 is 1.56. The van der Waals surface area contributed by atoms with Crippen LogP contribution in [0, 0.1) is 11.3 Å². The number of allylic oxidation sites excluding steroid dienone is 1. The third-order valence-corrected chi connectivity index (χ3v) is 2.96. The number of anilines is 2. The summed E-state index contributed by atoms with van der Waals surface area (Å²) in [5.41, 5.74) is 6.93. The van der Waals surface area contributed by atoms with Gasteiger partial charge in [-0.2, -0.15) is 31.6 Å². The molecule has 2 aromatic heterocycles. The van der Waals surface area contributed by atoms with E-state index >= 15 is 0 Å². The molecular formula is C12H12N6S. The van der Waals surface area contributed by atoms with Gasteiger partial charge in [-0.25, -0.2) is 0 Å². The number of nitriles is 1. The van der Waals surface area contributed by atoms with Crippen LogP contribution in [-0.2, 0) is 0 Å². The van der Waals surface area contributed by atoms with Crippen LogP contribution in [0.25, 0.3) is 11.6 Å². The first-order valence-corrected chi connectivity index (χ1v) is 6.37. The second-order valence-electron chi connectivity index (χ2n) is 3.94. The predicted molar refractivity (Wildman–Crippen MR) is 76.4 cm³/mol. The molecule has 0 aliphatic rings. The molecule has 6 nitrogen and oxygen atoms in total. The molecule has 2 rings (SSSR count). The van der Waals surface area contributed by atoms with Crippen LogP contribution < -0.4 is 10.6 Å². The Hall–Kier alpha value is -2.46. The second-order valence-corrected chi connectivity index (χ2v) is 4.72. The van der Waals surface area contributed by atoms with Crippen molar-refractivity contribution in [3.8, 4) is 6.07 Å². The fraction of sp³-hybridized carbons (Fsp3) is 0.167. The zero-order valence-electron chi connectivity index (χ0n) is 10.5. The average molecular weight is 272 g/mol. The summed E-state index contributed by atoms with van der Waals surface area (Å²) in [7, 11) is 3.60. The Morgan fingerprint density at radius 2 is 2.21 bits per heavy atom. The molecule has 0 bridgehead atoms. The molecule has 0 unspecified atom stereocenters. The Labute approximate surface area is 114 Å². The molecule has 2 aromatic rings. The number of hydrogen-bond donors (Lipinski definition) is 1. The highest BCUT2D eigenvalue weighted by Crippen LogP contribution is 2.18. The fourth-order valence-electron chi connectivity index (χ4n) is 1.37. The summed E-state index contributed by atoms with van der Waals surface area (Å²) in [4.78, 5) is 13.9. The first-order valence-electron chi connectivity index (χ1n) is 5.43. The second kappa shape index (κ2) is 5.46. The molecule has 0 aliphatic heterocycles. The third kappa shape index (κ3) is 3.05. The van der Waals surface area contributed by atoms with Gasteiger partial charge in [-0.15, -0.1) is 0 Å². The highest BCUT2D eigenvalue weighted by Gasteiger charge is 2.10. The van der Waals surface area contributed by atoms with E-state index in [4.69, 9.17) is 5.73 Å². The van der Waals surface area contributed by atoms with E-state index in [-0.39, 0.29) is 11.8 Å². The number of hydrogen-bond acceptors (Lipinski definition) is 7. The van der Waals surface area contributed by atoms with Gasteiger partial charge in [0.05, 0.1) is 5.57 Å². The van der Waals surface area contributed by atoms with Crippen molar-refractivity contribution < 1.29 is 0 Å². The van der Waals surface area contributed by atoms with Crippen LogP contribution in [0.4, 0.5) is 11.9 Å². The number of thiophene rings is 1. The van der Waals surface area contributed by atoms with E-state index < -0.39 is 0 Å². The Morgan fingerprint density at radius 1 is 1.42 bits per heavy atom. The summed E-state index contributed by atoms with van der Waals surface area (Å²) in [6.07, 6.45) is 1.73. The molecule has 19 heavy (non-hydrogen) atoms. The first kappa shape index (κ1) is 13.0. The molecule has 0 aromatic carbocycles. The van der Waals surface area contributed by atoms with Crippen molar-refractivity contribution in [2.45, 2.75) is 0 Å². The Kier molecular flexibility index (Phi) is 3.73. The van der Waals surface area contributed by atoms with E-state index in [0.29, 0.717) is 11.5 Å². The summed E-state index contributed by atoms with van der Waals surface area (Å²) in [5.74, 6) is 0.805. The molecule has 2 heterocycles. The maximum Gasteiger partial charge on any atom is 0.230 e. The monoisotopic (exact) mass is 272 g/mol. The van der Waals surface area contributed by atoms with Crippen LogP contribution in [0.3, 0.4) is 0 Å². The lowest BCUT2D eigenvalue weighted by Gasteiger charge is -2.10. The summed E-state index contributed by atoms with van der Waals surface area (Å²) in [5, 5.41) is 13.1. The van der Waals surface area contributed by atoms with Crippen molar-refractivity contribution in [2.24, 2.45) is 0 Å². The van der Waals surface area contributed by atoms with Crippen LogP contribution >= 0.6 is 11.3 Å². The lowest BCUT2D eigenvalue weighted by molar-refractivity contribution is 0.952. The molecule has 0 saturated heterocycles. The topological polar surface area (TPSA) is 91.7 Å². The van der Waals surface area contributed by atoms with Gasteiger partial charge >= 0.3 is 0 Å². The third-order valence-electron chi connectivity index (χ3n) is 2.26. The molecule has 0 saturated carbocycles. The number of nitrogens with two attached hydrogens (primary N) is 1. The largest absolute Gasteiger partial charge is 0.368 e. The van der Waals surface area contributed by atoms with Crippen molar-refractivity contribution in [3.63, 3.8) is 0 Å². The first-order chi connectivity index (χ1) is 9.10. The highest BCUT2D eigenvalue weighted by molar-refractivity contribution is 7.08. The minimum atomic E-state index is 0.0974. The molecule has 0 aliphatic carbocycles. The van der Waals surface area contributed by atoms with Crippen molar-refractivity contribution >= 4 is 34.9 Å². The van der Waals surface area contributed by atoms with Crippen molar-refractivity contribution in [1.82, 2.24) is 15.0 Å². The Bertz CT molecular complexity index is 639. The molecule has 96 valence electrons. The van der Waals surface area contributed by atoms with Crippen LogP contribution in [0.5, 0.6) is 0 Å². The van der Waals surface area contributed by atoms with Gasteiger partial charge in [0.1, 0.15) is 6.07 Å². The number of nitrogens with zero attached hydrogens (tertiary/aromatic N) is 5. The van der Waals surface area contributed by atoms with Crippen molar-refractivity contribution in [2.75, 3.05) is 24.7 Å². The molecule has 7 heteroatoms. The average Bonchev–Trinajstić information content (AvgIpc) is 2.88.